The van der Waals surface area contributed by atoms with Gasteiger partial charge in [0.05, 0.1) is 6.54 Å². The summed E-state index contributed by atoms with van der Waals surface area (Å²) in [4.78, 5) is 27.9. The van der Waals surface area contributed by atoms with Gasteiger partial charge >= 0.3 is 0 Å². The monoisotopic (exact) mass is 299 g/mol. The Labute approximate surface area is 108 Å². The number of amides is 2. The average molecular weight is 300 g/mol. The van der Waals surface area contributed by atoms with Gasteiger partial charge in [-0.25, -0.2) is 0 Å². The summed E-state index contributed by atoms with van der Waals surface area (Å²) in [5.74, 6) is -0.273. The van der Waals surface area contributed by atoms with Crippen LogP contribution in [0.3, 0.4) is 0 Å². The first-order valence-electron chi connectivity index (χ1n) is 5.57. The van der Waals surface area contributed by atoms with Crippen molar-refractivity contribution in [3.8, 4) is 0 Å². The van der Waals surface area contributed by atoms with Crippen LogP contribution in [0.5, 0.6) is 0 Å². The molecule has 1 aliphatic heterocycles. The summed E-state index contributed by atoms with van der Waals surface area (Å²) >= 11 is 3.25. The molecule has 2 heterocycles. The van der Waals surface area contributed by atoms with Crippen molar-refractivity contribution in [1.29, 1.82) is 0 Å². The summed E-state index contributed by atoms with van der Waals surface area (Å²) in [6.07, 6.45) is 3.80. The number of carbonyl (C=O) groups excluding carboxylic acids is 2. The van der Waals surface area contributed by atoms with E-state index in [0.29, 0.717) is 5.69 Å². The Morgan fingerprint density at radius 3 is 2.71 bits per heavy atom. The highest BCUT2D eigenvalue weighted by molar-refractivity contribution is 9.10. The zero-order valence-electron chi connectivity index (χ0n) is 9.33. The number of nitrogens with zero attached hydrogens (tertiary/aromatic N) is 1. The van der Waals surface area contributed by atoms with Crippen LogP contribution in [0.1, 0.15) is 23.3 Å². The van der Waals surface area contributed by atoms with E-state index in [2.05, 4.69) is 26.2 Å². The molecule has 17 heavy (non-hydrogen) atoms. The average Bonchev–Trinajstić information content (AvgIpc) is 2.95. The quantitative estimate of drug-likeness (QED) is 0.879. The first kappa shape index (κ1) is 12.2. The lowest BCUT2D eigenvalue weighted by Gasteiger charge is -2.15. The molecule has 1 fully saturated rings. The third-order valence-electron chi connectivity index (χ3n) is 2.75. The number of halogens is 1. The van der Waals surface area contributed by atoms with Gasteiger partial charge in [0, 0.05) is 23.8 Å². The molecule has 0 aromatic carbocycles. The van der Waals surface area contributed by atoms with Crippen molar-refractivity contribution in [1.82, 2.24) is 15.2 Å². The Balaban J connectivity index is 1.81. The van der Waals surface area contributed by atoms with Gasteiger partial charge in [-0.05, 0) is 34.8 Å². The molecule has 0 aliphatic carbocycles. The van der Waals surface area contributed by atoms with Crippen LogP contribution in [0.25, 0.3) is 0 Å². The maximum atomic E-state index is 11.7. The van der Waals surface area contributed by atoms with Gasteiger partial charge in [-0.3, -0.25) is 9.59 Å². The highest BCUT2D eigenvalue weighted by Crippen LogP contribution is 2.10. The third kappa shape index (κ3) is 3.09. The zero-order valence-corrected chi connectivity index (χ0v) is 10.9. The van der Waals surface area contributed by atoms with Gasteiger partial charge in [0.15, 0.2) is 0 Å². The van der Waals surface area contributed by atoms with Gasteiger partial charge in [0.2, 0.25) is 5.91 Å². The molecule has 2 amide bonds. The van der Waals surface area contributed by atoms with E-state index < -0.39 is 0 Å². The van der Waals surface area contributed by atoms with Gasteiger partial charge in [-0.2, -0.15) is 0 Å². The van der Waals surface area contributed by atoms with Gasteiger partial charge in [0.25, 0.3) is 5.91 Å². The number of H-pyrrole nitrogens is 1. The predicted molar refractivity (Wildman–Crippen MR) is 66.6 cm³/mol. The Morgan fingerprint density at radius 2 is 2.12 bits per heavy atom. The van der Waals surface area contributed by atoms with Crippen molar-refractivity contribution in [2.45, 2.75) is 12.8 Å². The van der Waals surface area contributed by atoms with Crippen LogP contribution in [-0.2, 0) is 4.79 Å². The minimum Gasteiger partial charge on any atom is -0.356 e. The highest BCUT2D eigenvalue weighted by atomic mass is 79.9. The first-order valence-corrected chi connectivity index (χ1v) is 6.36. The number of rotatable bonds is 3. The summed E-state index contributed by atoms with van der Waals surface area (Å²) in [6, 6.07) is 1.68. The van der Waals surface area contributed by atoms with E-state index in [9.17, 15) is 9.59 Å². The Kier molecular flexibility index (Phi) is 3.83. The molecular formula is C11H14BrN3O2. The summed E-state index contributed by atoms with van der Waals surface area (Å²) in [7, 11) is 0. The lowest BCUT2D eigenvalue weighted by molar-refractivity contribution is -0.129. The molecule has 1 aromatic heterocycles. The minimum atomic E-state index is -0.261. The summed E-state index contributed by atoms with van der Waals surface area (Å²) in [5.41, 5.74) is 0.450. The summed E-state index contributed by atoms with van der Waals surface area (Å²) in [6.45, 7) is 1.68. The maximum Gasteiger partial charge on any atom is 0.268 e. The second kappa shape index (κ2) is 5.35. The van der Waals surface area contributed by atoms with E-state index in [4.69, 9.17) is 0 Å². The standard InChI is InChI=1S/C11H14BrN3O2/c12-8-5-9(13-6-8)11(17)14-7-10(16)15-3-1-2-4-15/h5-6,13H,1-4,7H2,(H,14,17). The molecule has 5 nitrogen and oxygen atoms in total. The second-order valence-electron chi connectivity index (χ2n) is 4.00. The van der Waals surface area contributed by atoms with Crippen LogP contribution < -0.4 is 5.32 Å². The SMILES string of the molecule is O=C(NCC(=O)N1CCCC1)c1cc(Br)c[nH]1. The number of nitrogens with one attached hydrogen (secondary N) is 2. The number of hydrogen-bond acceptors (Lipinski definition) is 2. The van der Waals surface area contributed by atoms with Crippen LogP contribution in [0.2, 0.25) is 0 Å². The third-order valence-corrected chi connectivity index (χ3v) is 3.21. The molecule has 1 aliphatic rings. The topological polar surface area (TPSA) is 65.2 Å². The van der Waals surface area contributed by atoms with Gasteiger partial charge < -0.3 is 15.2 Å². The molecule has 0 bridgehead atoms. The molecule has 0 radical (unpaired) electrons. The van der Waals surface area contributed by atoms with Gasteiger partial charge in [-0.1, -0.05) is 0 Å². The molecule has 1 aromatic rings. The van der Waals surface area contributed by atoms with Crippen LogP contribution >= 0.6 is 15.9 Å². The molecule has 92 valence electrons. The zero-order chi connectivity index (χ0) is 12.3. The van der Waals surface area contributed by atoms with Crippen LogP contribution in [0.4, 0.5) is 0 Å². The normalized spacial score (nSPS) is 15.0. The number of hydrogen-bond donors (Lipinski definition) is 2. The van der Waals surface area contributed by atoms with Crippen LogP contribution in [0, 0.1) is 0 Å². The maximum absolute atomic E-state index is 11.7. The number of aromatic amines is 1. The van der Waals surface area contributed by atoms with Gasteiger partial charge in [0.1, 0.15) is 5.69 Å². The minimum absolute atomic E-state index is 0.0125. The van der Waals surface area contributed by atoms with E-state index in [1.165, 1.54) is 0 Å². The van der Waals surface area contributed by atoms with Crippen LogP contribution in [0.15, 0.2) is 16.7 Å². The fraction of sp³-hybridized carbons (Fsp3) is 0.455. The van der Waals surface area contributed by atoms with Crippen molar-refractivity contribution >= 4 is 27.7 Å². The lowest BCUT2D eigenvalue weighted by atomic mass is 10.4. The Bertz CT molecular complexity index is 424. The molecule has 0 unspecified atom stereocenters. The number of carbonyl (C=O) groups is 2. The van der Waals surface area contributed by atoms with Crippen molar-refractivity contribution in [2.24, 2.45) is 0 Å². The van der Waals surface area contributed by atoms with Gasteiger partial charge in [-0.15, -0.1) is 0 Å². The molecule has 0 saturated carbocycles. The lowest BCUT2D eigenvalue weighted by Crippen LogP contribution is -2.38. The summed E-state index contributed by atoms with van der Waals surface area (Å²) in [5, 5.41) is 2.61. The number of likely N-dealkylation sites (tertiary alicyclic amines) is 1. The summed E-state index contributed by atoms with van der Waals surface area (Å²) < 4.78 is 0.813. The van der Waals surface area contributed by atoms with E-state index in [0.717, 1.165) is 30.4 Å². The van der Waals surface area contributed by atoms with E-state index in [1.807, 2.05) is 0 Å². The molecular weight excluding hydrogens is 286 g/mol. The van der Waals surface area contributed by atoms with E-state index in [1.54, 1.807) is 17.2 Å². The largest absolute Gasteiger partial charge is 0.356 e. The Hall–Kier alpha value is -1.30. The molecule has 0 spiro atoms. The Morgan fingerprint density at radius 1 is 1.41 bits per heavy atom. The van der Waals surface area contributed by atoms with Crippen LogP contribution in [-0.4, -0.2) is 41.3 Å². The predicted octanol–water partition coefficient (Wildman–Crippen LogP) is 1.13. The molecule has 1 saturated heterocycles. The molecule has 2 rings (SSSR count). The molecule has 6 heteroatoms. The van der Waals surface area contributed by atoms with Crippen molar-refractivity contribution < 1.29 is 9.59 Å². The number of aromatic nitrogens is 1. The fourth-order valence-corrected chi connectivity index (χ4v) is 2.17. The first-order chi connectivity index (χ1) is 8.16. The second-order valence-corrected chi connectivity index (χ2v) is 4.92. The molecule has 0 atom stereocenters. The van der Waals surface area contributed by atoms with E-state index in [-0.39, 0.29) is 18.4 Å². The van der Waals surface area contributed by atoms with Crippen molar-refractivity contribution in [3.05, 3.63) is 22.4 Å². The molecule has 2 N–H and O–H groups in total. The fourth-order valence-electron chi connectivity index (χ4n) is 1.83. The smallest absolute Gasteiger partial charge is 0.268 e. The van der Waals surface area contributed by atoms with Crippen molar-refractivity contribution in [2.75, 3.05) is 19.6 Å². The highest BCUT2D eigenvalue weighted by Gasteiger charge is 2.18. The van der Waals surface area contributed by atoms with E-state index >= 15 is 0 Å². The van der Waals surface area contributed by atoms with Crippen molar-refractivity contribution in [3.63, 3.8) is 0 Å².